The number of rotatable bonds is 6. The van der Waals surface area contributed by atoms with Gasteiger partial charge in [-0.25, -0.2) is 4.79 Å². The van der Waals surface area contributed by atoms with Crippen molar-refractivity contribution in [1.29, 1.82) is 0 Å². The van der Waals surface area contributed by atoms with Crippen molar-refractivity contribution >= 4 is 11.9 Å². The standard InChI is InChI=1S/C21H29N5O4/c1-3-16-18-17(11-21(14-22-19(18)27)5-9-29-10-6-21)26(24-16)7-4-8-30-20(28)15-12-23-25(2)13-15/h12-13H,3-11,14H2,1-2H3,(H,22,27). The number of ether oxygens (including phenoxy) is 2. The van der Waals surface area contributed by atoms with E-state index in [2.05, 4.69) is 10.4 Å². The van der Waals surface area contributed by atoms with Crippen LogP contribution in [-0.2, 0) is 35.9 Å². The Morgan fingerprint density at radius 2 is 2.17 bits per heavy atom. The summed E-state index contributed by atoms with van der Waals surface area (Å²) in [6.45, 7) is 5.03. The fourth-order valence-corrected chi connectivity index (χ4v) is 4.35. The van der Waals surface area contributed by atoms with Gasteiger partial charge in [-0.2, -0.15) is 10.2 Å². The second-order valence-corrected chi connectivity index (χ2v) is 8.21. The van der Waals surface area contributed by atoms with E-state index in [1.165, 1.54) is 6.20 Å². The number of fused-ring (bicyclic) bond motifs is 1. The highest BCUT2D eigenvalue weighted by atomic mass is 16.5. The van der Waals surface area contributed by atoms with E-state index in [-0.39, 0.29) is 23.9 Å². The predicted octanol–water partition coefficient (Wildman–Crippen LogP) is 1.51. The number of nitrogens with one attached hydrogen (secondary N) is 1. The van der Waals surface area contributed by atoms with Crippen molar-refractivity contribution in [3.63, 3.8) is 0 Å². The van der Waals surface area contributed by atoms with Gasteiger partial charge >= 0.3 is 5.97 Å². The van der Waals surface area contributed by atoms with Crippen LogP contribution < -0.4 is 5.32 Å². The van der Waals surface area contributed by atoms with E-state index in [9.17, 15) is 9.59 Å². The van der Waals surface area contributed by atoms with Crippen LogP contribution in [0.5, 0.6) is 0 Å². The first-order valence-corrected chi connectivity index (χ1v) is 10.6. The Hall–Kier alpha value is -2.68. The maximum atomic E-state index is 12.8. The molecule has 4 heterocycles. The Morgan fingerprint density at radius 1 is 1.37 bits per heavy atom. The summed E-state index contributed by atoms with van der Waals surface area (Å²) >= 11 is 0. The molecular formula is C21H29N5O4. The molecule has 4 rings (SSSR count). The van der Waals surface area contributed by atoms with E-state index >= 15 is 0 Å². The molecule has 0 radical (unpaired) electrons. The molecule has 0 aromatic carbocycles. The first-order valence-electron chi connectivity index (χ1n) is 10.6. The van der Waals surface area contributed by atoms with Gasteiger partial charge in [0.1, 0.15) is 0 Å². The highest BCUT2D eigenvalue weighted by Crippen LogP contribution is 2.37. The zero-order valence-corrected chi connectivity index (χ0v) is 17.6. The highest BCUT2D eigenvalue weighted by molar-refractivity contribution is 5.97. The van der Waals surface area contributed by atoms with Gasteiger partial charge in [0, 0.05) is 46.0 Å². The van der Waals surface area contributed by atoms with Crippen molar-refractivity contribution in [1.82, 2.24) is 24.9 Å². The van der Waals surface area contributed by atoms with Crippen LogP contribution in [0.3, 0.4) is 0 Å². The van der Waals surface area contributed by atoms with E-state index in [0.29, 0.717) is 31.5 Å². The van der Waals surface area contributed by atoms with Gasteiger partial charge < -0.3 is 14.8 Å². The first-order chi connectivity index (χ1) is 14.5. The van der Waals surface area contributed by atoms with Crippen LogP contribution in [0.4, 0.5) is 0 Å². The van der Waals surface area contributed by atoms with Crippen molar-refractivity contribution in [3.8, 4) is 0 Å². The number of carbonyl (C=O) groups is 2. The number of amides is 1. The molecule has 0 unspecified atom stereocenters. The first kappa shape index (κ1) is 20.6. The molecule has 0 bridgehead atoms. The summed E-state index contributed by atoms with van der Waals surface area (Å²) in [5.74, 6) is -0.406. The largest absolute Gasteiger partial charge is 0.462 e. The Bertz CT molecular complexity index is 926. The summed E-state index contributed by atoms with van der Waals surface area (Å²) < 4.78 is 14.4. The van der Waals surface area contributed by atoms with Crippen LogP contribution in [0.15, 0.2) is 12.4 Å². The van der Waals surface area contributed by atoms with Crippen LogP contribution in [0.1, 0.15) is 58.3 Å². The van der Waals surface area contributed by atoms with Gasteiger partial charge in [-0.05, 0) is 31.1 Å². The molecule has 0 atom stereocenters. The molecule has 0 saturated carbocycles. The lowest BCUT2D eigenvalue weighted by Crippen LogP contribution is -2.40. The molecule has 1 N–H and O–H groups in total. The maximum Gasteiger partial charge on any atom is 0.341 e. The summed E-state index contributed by atoms with van der Waals surface area (Å²) in [6, 6.07) is 0. The average molecular weight is 415 g/mol. The Balaban J connectivity index is 1.46. The molecule has 162 valence electrons. The van der Waals surface area contributed by atoms with Crippen molar-refractivity contribution in [3.05, 3.63) is 34.9 Å². The van der Waals surface area contributed by atoms with E-state index in [4.69, 9.17) is 14.6 Å². The van der Waals surface area contributed by atoms with Crippen LogP contribution in [0, 0.1) is 5.41 Å². The highest BCUT2D eigenvalue weighted by Gasteiger charge is 2.39. The zero-order valence-electron chi connectivity index (χ0n) is 17.6. The van der Waals surface area contributed by atoms with Crippen LogP contribution in [0.2, 0.25) is 0 Å². The third kappa shape index (κ3) is 4.12. The molecule has 30 heavy (non-hydrogen) atoms. The Labute approximate surface area is 175 Å². The molecule has 0 aliphatic carbocycles. The molecule has 1 fully saturated rings. The molecule has 1 spiro atoms. The third-order valence-electron chi connectivity index (χ3n) is 6.10. The third-order valence-corrected chi connectivity index (χ3v) is 6.10. The van der Waals surface area contributed by atoms with Gasteiger partial charge in [0.15, 0.2) is 0 Å². The molecule has 1 saturated heterocycles. The number of nitrogens with zero attached hydrogens (tertiary/aromatic N) is 4. The van der Waals surface area contributed by atoms with E-state index < -0.39 is 0 Å². The van der Waals surface area contributed by atoms with E-state index in [0.717, 1.165) is 49.4 Å². The SMILES string of the molecule is CCc1nn(CCCOC(=O)c2cnn(C)c2)c2c1C(=O)NCC1(CCOCC1)C2. The minimum absolute atomic E-state index is 0.0225. The number of hydrogen-bond donors (Lipinski definition) is 1. The van der Waals surface area contributed by atoms with Crippen molar-refractivity contribution < 1.29 is 19.1 Å². The van der Waals surface area contributed by atoms with E-state index in [1.807, 2.05) is 11.6 Å². The van der Waals surface area contributed by atoms with Gasteiger partial charge in [-0.15, -0.1) is 0 Å². The average Bonchev–Trinajstić information content (AvgIpc) is 3.30. The van der Waals surface area contributed by atoms with Crippen LogP contribution in [-0.4, -0.2) is 57.8 Å². The van der Waals surface area contributed by atoms with Gasteiger partial charge in [-0.3, -0.25) is 14.2 Å². The minimum Gasteiger partial charge on any atom is -0.462 e. The second-order valence-electron chi connectivity index (χ2n) is 8.21. The normalized spacial score (nSPS) is 18.0. The molecule has 2 aliphatic rings. The molecule has 1 amide bonds. The van der Waals surface area contributed by atoms with Crippen molar-refractivity contribution in [2.45, 2.75) is 45.6 Å². The van der Waals surface area contributed by atoms with Gasteiger partial charge in [0.05, 0.1) is 35.3 Å². The number of hydrogen-bond acceptors (Lipinski definition) is 6. The molecular weight excluding hydrogens is 386 g/mol. The zero-order chi connectivity index (χ0) is 21.1. The van der Waals surface area contributed by atoms with Crippen LogP contribution in [0.25, 0.3) is 0 Å². The molecule has 9 heteroatoms. The summed E-state index contributed by atoms with van der Waals surface area (Å²) in [7, 11) is 1.76. The van der Waals surface area contributed by atoms with Gasteiger partial charge in [0.25, 0.3) is 5.91 Å². The topological polar surface area (TPSA) is 100 Å². The molecule has 2 aromatic rings. The lowest BCUT2D eigenvalue weighted by Gasteiger charge is -2.36. The fourth-order valence-electron chi connectivity index (χ4n) is 4.35. The van der Waals surface area contributed by atoms with Gasteiger partial charge in [-0.1, -0.05) is 6.92 Å². The maximum absolute atomic E-state index is 12.8. The number of aromatic nitrogens is 4. The summed E-state index contributed by atoms with van der Waals surface area (Å²) in [5.41, 5.74) is 3.03. The quantitative estimate of drug-likeness (QED) is 0.567. The van der Waals surface area contributed by atoms with Crippen molar-refractivity contribution in [2.24, 2.45) is 12.5 Å². The number of esters is 1. The monoisotopic (exact) mass is 415 g/mol. The lowest BCUT2D eigenvalue weighted by atomic mass is 9.76. The van der Waals surface area contributed by atoms with Gasteiger partial charge in [0.2, 0.25) is 0 Å². The Morgan fingerprint density at radius 3 is 2.87 bits per heavy atom. The number of carbonyl (C=O) groups excluding carboxylic acids is 2. The summed E-state index contributed by atoms with van der Waals surface area (Å²) in [4.78, 5) is 24.9. The number of aryl methyl sites for hydroxylation is 3. The Kier molecular flexibility index (Phi) is 5.90. The fraction of sp³-hybridized carbons (Fsp3) is 0.619. The second kappa shape index (κ2) is 8.59. The smallest absolute Gasteiger partial charge is 0.341 e. The summed E-state index contributed by atoms with van der Waals surface area (Å²) in [5, 5.41) is 11.8. The molecule has 2 aromatic heterocycles. The van der Waals surface area contributed by atoms with E-state index in [1.54, 1.807) is 17.9 Å². The minimum atomic E-state index is -0.378. The van der Waals surface area contributed by atoms with Crippen molar-refractivity contribution in [2.75, 3.05) is 26.4 Å². The lowest BCUT2D eigenvalue weighted by molar-refractivity contribution is 0.0152. The molecule has 2 aliphatic heterocycles. The summed E-state index contributed by atoms with van der Waals surface area (Å²) in [6.07, 6.45) is 7.14. The molecule has 9 nitrogen and oxygen atoms in total. The predicted molar refractivity (Wildman–Crippen MR) is 108 cm³/mol. The van der Waals surface area contributed by atoms with Crippen LogP contribution >= 0.6 is 0 Å².